The predicted molar refractivity (Wildman–Crippen MR) is 119 cm³/mol. The number of ether oxygens (including phenoxy) is 1. The smallest absolute Gasteiger partial charge is 0.225 e. The SMILES string of the molecule is COc1cccc(-c2nc3sc(C)cn3c2CN2CCN(C(=O)C3CCC3)CC2)c1. The first kappa shape index (κ1) is 19.6. The van der Waals surface area contributed by atoms with Crippen molar-refractivity contribution < 1.29 is 9.53 Å². The summed E-state index contributed by atoms with van der Waals surface area (Å²) in [7, 11) is 1.69. The van der Waals surface area contributed by atoms with Crippen molar-refractivity contribution in [2.75, 3.05) is 33.3 Å². The molecule has 1 saturated heterocycles. The third-order valence-corrected chi connectivity index (χ3v) is 7.29. The van der Waals surface area contributed by atoms with Gasteiger partial charge < -0.3 is 9.64 Å². The van der Waals surface area contributed by atoms with E-state index in [1.54, 1.807) is 18.4 Å². The van der Waals surface area contributed by atoms with Crippen molar-refractivity contribution in [1.29, 1.82) is 0 Å². The molecule has 2 aromatic heterocycles. The summed E-state index contributed by atoms with van der Waals surface area (Å²) in [5.74, 6) is 1.51. The van der Waals surface area contributed by atoms with Crippen LogP contribution in [0.15, 0.2) is 30.5 Å². The molecule has 2 aliphatic rings. The van der Waals surface area contributed by atoms with Gasteiger partial charge in [0, 0.05) is 55.3 Å². The molecule has 1 aliphatic heterocycles. The number of hydrogen-bond acceptors (Lipinski definition) is 5. The van der Waals surface area contributed by atoms with E-state index in [4.69, 9.17) is 9.72 Å². The number of rotatable bonds is 5. The fourth-order valence-corrected chi connectivity index (χ4v) is 5.25. The zero-order chi connectivity index (χ0) is 20.7. The minimum Gasteiger partial charge on any atom is -0.497 e. The molecule has 0 unspecified atom stereocenters. The van der Waals surface area contributed by atoms with Crippen LogP contribution in [0.2, 0.25) is 0 Å². The number of fused-ring (bicyclic) bond motifs is 1. The van der Waals surface area contributed by atoms with Gasteiger partial charge in [0.2, 0.25) is 5.91 Å². The molecule has 0 atom stereocenters. The van der Waals surface area contributed by atoms with Crippen LogP contribution in [0.5, 0.6) is 5.75 Å². The minimum atomic E-state index is 0.291. The standard InChI is InChI=1S/C23H28N4O2S/c1-16-14-27-20(15-25-9-11-26(12-10-25)22(28)17-5-3-6-17)21(24-23(27)30-16)18-7-4-8-19(13-18)29-2/h4,7-8,13-14,17H,3,5-6,9-12,15H2,1-2H3. The fraction of sp³-hybridized carbons (Fsp3) is 0.478. The molecular formula is C23H28N4O2S. The van der Waals surface area contributed by atoms with Crippen LogP contribution in [-0.2, 0) is 11.3 Å². The van der Waals surface area contributed by atoms with E-state index in [0.717, 1.165) is 67.5 Å². The van der Waals surface area contributed by atoms with Gasteiger partial charge in [0.25, 0.3) is 0 Å². The number of carbonyl (C=O) groups excluding carboxylic acids is 1. The van der Waals surface area contributed by atoms with Gasteiger partial charge in [0.1, 0.15) is 5.75 Å². The second kappa shape index (κ2) is 8.04. The first-order valence-electron chi connectivity index (χ1n) is 10.8. The molecule has 1 aromatic carbocycles. The van der Waals surface area contributed by atoms with Crippen molar-refractivity contribution in [2.24, 2.45) is 5.92 Å². The molecule has 0 bridgehead atoms. The maximum atomic E-state index is 12.6. The van der Waals surface area contributed by atoms with Crippen LogP contribution >= 0.6 is 11.3 Å². The lowest BCUT2D eigenvalue weighted by molar-refractivity contribution is -0.140. The molecule has 30 heavy (non-hydrogen) atoms. The molecule has 0 spiro atoms. The highest BCUT2D eigenvalue weighted by Gasteiger charge is 2.31. The lowest BCUT2D eigenvalue weighted by atomic mass is 9.84. The summed E-state index contributed by atoms with van der Waals surface area (Å²) in [6.45, 7) is 6.43. The van der Waals surface area contributed by atoms with Gasteiger partial charge >= 0.3 is 0 Å². The number of hydrogen-bond donors (Lipinski definition) is 0. The highest BCUT2D eigenvalue weighted by Crippen LogP contribution is 2.32. The Kier molecular flexibility index (Phi) is 5.25. The third-order valence-electron chi connectivity index (χ3n) is 6.40. The first-order chi connectivity index (χ1) is 14.6. The van der Waals surface area contributed by atoms with E-state index in [1.165, 1.54) is 17.0 Å². The maximum Gasteiger partial charge on any atom is 0.225 e. The Morgan fingerprint density at radius 2 is 2.03 bits per heavy atom. The number of benzene rings is 1. The van der Waals surface area contributed by atoms with Gasteiger partial charge in [0.15, 0.2) is 4.96 Å². The van der Waals surface area contributed by atoms with E-state index in [1.807, 2.05) is 12.1 Å². The number of carbonyl (C=O) groups is 1. The monoisotopic (exact) mass is 424 g/mol. The average Bonchev–Trinajstić information content (AvgIpc) is 3.24. The number of aromatic nitrogens is 2. The minimum absolute atomic E-state index is 0.291. The number of thiazole rings is 1. The van der Waals surface area contributed by atoms with E-state index in [9.17, 15) is 4.79 Å². The lowest BCUT2D eigenvalue weighted by Gasteiger charge is -2.38. The summed E-state index contributed by atoms with van der Waals surface area (Å²) in [6.07, 6.45) is 5.55. The topological polar surface area (TPSA) is 50.1 Å². The molecule has 3 aromatic rings. The summed E-state index contributed by atoms with van der Waals surface area (Å²) in [5.41, 5.74) is 3.31. The first-order valence-corrected chi connectivity index (χ1v) is 11.6. The van der Waals surface area contributed by atoms with Crippen LogP contribution in [0.4, 0.5) is 0 Å². The normalized spacial score (nSPS) is 18.0. The predicted octanol–water partition coefficient (Wildman–Crippen LogP) is 3.82. The third kappa shape index (κ3) is 3.61. The molecule has 1 aliphatic carbocycles. The highest BCUT2D eigenvalue weighted by atomic mass is 32.1. The lowest BCUT2D eigenvalue weighted by Crippen LogP contribution is -2.50. The molecule has 158 valence electrons. The van der Waals surface area contributed by atoms with Crippen molar-refractivity contribution in [3.8, 4) is 17.0 Å². The zero-order valence-electron chi connectivity index (χ0n) is 17.6. The molecule has 7 heteroatoms. The van der Waals surface area contributed by atoms with Gasteiger partial charge in [-0.05, 0) is 31.9 Å². The second-order valence-corrected chi connectivity index (χ2v) is 9.58. The van der Waals surface area contributed by atoms with Gasteiger partial charge in [-0.15, -0.1) is 11.3 Å². The summed E-state index contributed by atoms with van der Waals surface area (Å²) in [6, 6.07) is 8.13. The molecule has 2 fully saturated rings. The number of amides is 1. The number of imidazole rings is 1. The van der Waals surface area contributed by atoms with Crippen molar-refractivity contribution in [3.63, 3.8) is 0 Å². The van der Waals surface area contributed by atoms with Gasteiger partial charge in [0.05, 0.1) is 18.5 Å². The Labute approximate surface area is 181 Å². The quantitative estimate of drug-likeness (QED) is 0.625. The van der Waals surface area contributed by atoms with Crippen molar-refractivity contribution in [2.45, 2.75) is 32.7 Å². The Bertz CT molecular complexity index is 1060. The van der Waals surface area contributed by atoms with Gasteiger partial charge in [-0.25, -0.2) is 4.98 Å². The van der Waals surface area contributed by atoms with E-state index < -0.39 is 0 Å². The Morgan fingerprint density at radius 3 is 2.73 bits per heavy atom. The van der Waals surface area contributed by atoms with E-state index in [-0.39, 0.29) is 0 Å². The van der Waals surface area contributed by atoms with Crippen LogP contribution in [0.3, 0.4) is 0 Å². The molecule has 5 rings (SSSR count). The number of nitrogens with zero attached hydrogens (tertiary/aromatic N) is 4. The van der Waals surface area contributed by atoms with Crippen LogP contribution in [-0.4, -0.2) is 58.4 Å². The largest absolute Gasteiger partial charge is 0.497 e. The Hall–Kier alpha value is -2.38. The number of aryl methyl sites for hydroxylation is 1. The molecule has 1 amide bonds. The van der Waals surface area contributed by atoms with Crippen LogP contribution in [0.1, 0.15) is 29.8 Å². The van der Waals surface area contributed by atoms with Crippen LogP contribution < -0.4 is 4.74 Å². The summed E-state index contributed by atoms with van der Waals surface area (Å²) < 4.78 is 7.67. The Balaban J connectivity index is 1.37. The fourth-order valence-electron chi connectivity index (χ4n) is 4.41. The van der Waals surface area contributed by atoms with Gasteiger partial charge in [-0.1, -0.05) is 18.6 Å². The average molecular weight is 425 g/mol. The van der Waals surface area contributed by atoms with Gasteiger partial charge in [-0.3, -0.25) is 14.1 Å². The highest BCUT2D eigenvalue weighted by molar-refractivity contribution is 7.17. The summed E-state index contributed by atoms with van der Waals surface area (Å²) in [5, 5.41) is 0. The van der Waals surface area contributed by atoms with E-state index in [0.29, 0.717) is 11.8 Å². The molecule has 1 saturated carbocycles. The maximum absolute atomic E-state index is 12.6. The zero-order valence-corrected chi connectivity index (χ0v) is 18.5. The van der Waals surface area contributed by atoms with Crippen LogP contribution in [0.25, 0.3) is 16.2 Å². The summed E-state index contributed by atoms with van der Waals surface area (Å²) >= 11 is 1.72. The Morgan fingerprint density at radius 1 is 1.23 bits per heavy atom. The summed E-state index contributed by atoms with van der Waals surface area (Å²) in [4.78, 5) is 24.3. The second-order valence-electron chi connectivity index (χ2n) is 8.36. The van der Waals surface area contributed by atoms with E-state index >= 15 is 0 Å². The van der Waals surface area contributed by atoms with E-state index in [2.05, 4.69) is 39.5 Å². The van der Waals surface area contributed by atoms with Crippen molar-refractivity contribution >= 4 is 22.2 Å². The molecular weight excluding hydrogens is 396 g/mol. The van der Waals surface area contributed by atoms with Crippen molar-refractivity contribution in [1.82, 2.24) is 19.2 Å². The number of methoxy groups -OCH3 is 1. The molecule has 0 N–H and O–H groups in total. The van der Waals surface area contributed by atoms with Crippen molar-refractivity contribution in [3.05, 3.63) is 41.0 Å². The van der Waals surface area contributed by atoms with Crippen LogP contribution in [0, 0.1) is 12.8 Å². The molecule has 3 heterocycles. The molecule has 0 radical (unpaired) electrons. The van der Waals surface area contributed by atoms with Gasteiger partial charge in [-0.2, -0.15) is 0 Å². The molecule has 6 nitrogen and oxygen atoms in total. The number of piperazine rings is 1.